The lowest BCUT2D eigenvalue weighted by Crippen LogP contribution is -2.38. The highest BCUT2D eigenvalue weighted by Crippen LogP contribution is 2.48. The molecular weight excluding hydrogens is 426 g/mol. The van der Waals surface area contributed by atoms with Crippen LogP contribution in [0.3, 0.4) is 0 Å². The molecule has 0 radical (unpaired) electrons. The van der Waals surface area contributed by atoms with Gasteiger partial charge in [0.15, 0.2) is 10.1 Å². The highest BCUT2D eigenvalue weighted by molar-refractivity contribution is 8.01. The van der Waals surface area contributed by atoms with Gasteiger partial charge in [-0.3, -0.25) is 9.69 Å². The molecule has 0 bridgehead atoms. The molecule has 1 atom stereocenters. The van der Waals surface area contributed by atoms with Crippen LogP contribution in [0.5, 0.6) is 0 Å². The lowest BCUT2D eigenvalue weighted by molar-refractivity contribution is -0.116. The minimum Gasteiger partial charge on any atom is -0.384 e. The SMILES string of the molecule is CCSc1nnc(N2C(N)=C(C#N)C(c3ccccc3Cl)C3=C2CCCC3=O)s1. The van der Waals surface area contributed by atoms with Crippen molar-refractivity contribution in [1.82, 2.24) is 10.2 Å². The molecule has 148 valence electrons. The molecule has 1 aliphatic heterocycles. The van der Waals surface area contributed by atoms with Crippen LogP contribution >= 0.6 is 34.7 Å². The van der Waals surface area contributed by atoms with Crippen LogP contribution in [0.4, 0.5) is 5.13 Å². The number of rotatable bonds is 4. The van der Waals surface area contributed by atoms with E-state index in [0.717, 1.165) is 27.8 Å². The third-order valence-corrected chi connectivity index (χ3v) is 7.25. The Morgan fingerprint density at radius 1 is 1.38 bits per heavy atom. The fraction of sp³-hybridized carbons (Fsp3) is 0.300. The van der Waals surface area contributed by atoms with E-state index >= 15 is 0 Å². The lowest BCUT2D eigenvalue weighted by Gasteiger charge is -2.38. The van der Waals surface area contributed by atoms with Crippen molar-refractivity contribution in [3.8, 4) is 6.07 Å². The van der Waals surface area contributed by atoms with Crippen LogP contribution in [-0.2, 0) is 4.79 Å². The number of ketones is 1. The van der Waals surface area contributed by atoms with Crippen LogP contribution in [0, 0.1) is 11.3 Å². The number of hydrogen-bond acceptors (Lipinski definition) is 8. The van der Waals surface area contributed by atoms with E-state index in [1.807, 2.05) is 25.1 Å². The molecule has 2 heterocycles. The predicted octanol–water partition coefficient (Wildman–Crippen LogP) is 4.61. The van der Waals surface area contributed by atoms with E-state index in [2.05, 4.69) is 16.3 Å². The molecule has 2 aromatic rings. The Hall–Kier alpha value is -2.34. The number of thioether (sulfide) groups is 1. The van der Waals surface area contributed by atoms with Gasteiger partial charge in [-0.1, -0.05) is 59.8 Å². The number of anilines is 1. The molecule has 29 heavy (non-hydrogen) atoms. The first-order valence-electron chi connectivity index (χ1n) is 9.23. The molecule has 0 spiro atoms. The molecule has 9 heteroatoms. The minimum atomic E-state index is -0.565. The number of benzene rings is 1. The first kappa shape index (κ1) is 20.0. The van der Waals surface area contributed by atoms with E-state index in [-0.39, 0.29) is 11.6 Å². The highest BCUT2D eigenvalue weighted by atomic mass is 35.5. The van der Waals surface area contributed by atoms with Crippen LogP contribution in [0.2, 0.25) is 5.02 Å². The van der Waals surface area contributed by atoms with Crippen LogP contribution in [-0.4, -0.2) is 21.7 Å². The third-order valence-electron chi connectivity index (χ3n) is 4.98. The van der Waals surface area contributed by atoms with E-state index in [0.29, 0.717) is 34.1 Å². The molecule has 6 nitrogen and oxygen atoms in total. The van der Waals surface area contributed by atoms with Crippen molar-refractivity contribution >= 4 is 45.6 Å². The normalized spacial score (nSPS) is 19.4. The predicted molar refractivity (Wildman–Crippen MR) is 116 cm³/mol. The van der Waals surface area contributed by atoms with Gasteiger partial charge >= 0.3 is 0 Å². The van der Waals surface area contributed by atoms with E-state index in [9.17, 15) is 10.1 Å². The molecule has 4 rings (SSSR count). The Morgan fingerprint density at radius 3 is 2.90 bits per heavy atom. The average molecular weight is 444 g/mol. The number of carbonyl (C=O) groups is 1. The van der Waals surface area contributed by atoms with Gasteiger partial charge in [0.2, 0.25) is 5.13 Å². The summed E-state index contributed by atoms with van der Waals surface area (Å²) in [6.45, 7) is 2.04. The van der Waals surface area contributed by atoms with E-state index in [4.69, 9.17) is 17.3 Å². The number of aromatic nitrogens is 2. The standard InChI is InChI=1S/C20H18ClN5OS2/c1-2-28-20-25-24-19(29-20)26-14-8-5-9-15(27)17(14)16(12(10-22)18(26)23)11-6-3-4-7-13(11)21/h3-4,6-7,16H,2,5,8-9,23H2,1H3. The topological polar surface area (TPSA) is 95.9 Å². The zero-order valence-corrected chi connectivity index (χ0v) is 18.1. The fourth-order valence-corrected chi connectivity index (χ4v) is 5.82. The van der Waals surface area contributed by atoms with Gasteiger partial charge in [-0.2, -0.15) is 5.26 Å². The zero-order chi connectivity index (χ0) is 20.5. The van der Waals surface area contributed by atoms with Crippen LogP contribution < -0.4 is 10.6 Å². The largest absolute Gasteiger partial charge is 0.384 e. The van der Waals surface area contributed by atoms with E-state index in [1.54, 1.807) is 22.7 Å². The van der Waals surface area contributed by atoms with Gasteiger partial charge in [0, 0.05) is 22.7 Å². The van der Waals surface area contributed by atoms with Crippen molar-refractivity contribution < 1.29 is 4.79 Å². The first-order valence-corrected chi connectivity index (χ1v) is 11.4. The van der Waals surface area contributed by atoms with Crippen molar-refractivity contribution in [1.29, 1.82) is 5.26 Å². The summed E-state index contributed by atoms with van der Waals surface area (Å²) in [6.07, 6.45) is 1.85. The second-order valence-corrected chi connectivity index (χ2v) is 9.50. The Kier molecular flexibility index (Phi) is 5.63. The summed E-state index contributed by atoms with van der Waals surface area (Å²) in [6, 6.07) is 9.52. The maximum absolute atomic E-state index is 13.0. The number of allylic oxidation sites excluding steroid dienone is 3. The molecule has 0 saturated carbocycles. The Morgan fingerprint density at radius 2 is 2.17 bits per heavy atom. The molecular formula is C20H18ClN5OS2. The molecule has 1 aromatic carbocycles. The second kappa shape index (κ2) is 8.19. The number of nitrogens with two attached hydrogens (primary N) is 1. The summed E-state index contributed by atoms with van der Waals surface area (Å²) in [4.78, 5) is 14.8. The van der Waals surface area contributed by atoms with Gasteiger partial charge < -0.3 is 5.73 Å². The summed E-state index contributed by atoms with van der Waals surface area (Å²) in [5.74, 6) is 0.624. The van der Waals surface area contributed by atoms with E-state index in [1.165, 1.54) is 11.3 Å². The Balaban J connectivity index is 1.93. The zero-order valence-electron chi connectivity index (χ0n) is 15.7. The molecule has 0 fully saturated rings. The van der Waals surface area contributed by atoms with Crippen LogP contribution in [0.15, 0.2) is 51.3 Å². The maximum atomic E-state index is 13.0. The summed E-state index contributed by atoms with van der Waals surface area (Å²) in [7, 11) is 0. The molecule has 0 saturated heterocycles. The Bertz CT molecular complexity index is 1080. The number of Topliss-reactive ketones (excluding diaryl/α,β-unsaturated/α-hetero) is 1. The highest BCUT2D eigenvalue weighted by Gasteiger charge is 2.41. The summed E-state index contributed by atoms with van der Waals surface area (Å²) < 4.78 is 0.825. The monoisotopic (exact) mass is 443 g/mol. The van der Waals surface area contributed by atoms with Crippen molar-refractivity contribution in [2.45, 2.75) is 36.4 Å². The van der Waals surface area contributed by atoms with Crippen LogP contribution in [0.1, 0.15) is 37.7 Å². The van der Waals surface area contributed by atoms with Gasteiger partial charge in [-0.25, -0.2) is 0 Å². The number of carbonyl (C=O) groups excluding carboxylic acids is 1. The molecule has 1 aliphatic carbocycles. The molecule has 2 N–H and O–H groups in total. The quantitative estimate of drug-likeness (QED) is 0.689. The lowest BCUT2D eigenvalue weighted by atomic mass is 9.76. The van der Waals surface area contributed by atoms with Crippen molar-refractivity contribution in [3.63, 3.8) is 0 Å². The molecule has 2 aliphatic rings. The first-order chi connectivity index (χ1) is 14.1. The number of nitrogens with zero attached hydrogens (tertiary/aromatic N) is 4. The third kappa shape index (κ3) is 3.44. The van der Waals surface area contributed by atoms with Gasteiger partial charge in [-0.05, 0) is 30.2 Å². The minimum absolute atomic E-state index is 0.0223. The van der Waals surface area contributed by atoms with Gasteiger partial charge in [0.25, 0.3) is 0 Å². The van der Waals surface area contributed by atoms with E-state index < -0.39 is 5.92 Å². The Labute approximate surface area is 182 Å². The van der Waals surface area contributed by atoms with Crippen molar-refractivity contribution in [2.24, 2.45) is 5.73 Å². The summed E-state index contributed by atoms with van der Waals surface area (Å²) in [5, 5.41) is 19.6. The van der Waals surface area contributed by atoms with Gasteiger partial charge in [0.05, 0.1) is 17.6 Å². The number of halogens is 1. The van der Waals surface area contributed by atoms with Crippen LogP contribution in [0.25, 0.3) is 0 Å². The average Bonchev–Trinajstić information content (AvgIpc) is 3.16. The summed E-state index contributed by atoms with van der Waals surface area (Å²) >= 11 is 9.46. The summed E-state index contributed by atoms with van der Waals surface area (Å²) in [5.41, 5.74) is 8.93. The number of nitriles is 1. The maximum Gasteiger partial charge on any atom is 0.219 e. The van der Waals surface area contributed by atoms with Gasteiger partial charge in [-0.15, -0.1) is 10.2 Å². The molecule has 0 amide bonds. The molecule has 1 aromatic heterocycles. The smallest absolute Gasteiger partial charge is 0.219 e. The second-order valence-electron chi connectivity index (χ2n) is 6.62. The van der Waals surface area contributed by atoms with Crippen molar-refractivity contribution in [3.05, 3.63) is 57.5 Å². The molecule has 1 unspecified atom stereocenters. The van der Waals surface area contributed by atoms with Crippen molar-refractivity contribution in [2.75, 3.05) is 10.7 Å². The van der Waals surface area contributed by atoms with Gasteiger partial charge in [0.1, 0.15) is 5.82 Å². The number of hydrogen-bond donors (Lipinski definition) is 1. The fourth-order valence-electron chi connectivity index (χ4n) is 3.80.